The molecule has 0 spiro atoms. The highest BCUT2D eigenvalue weighted by Gasteiger charge is 2.15. The second-order valence-electron chi connectivity index (χ2n) is 1.64. The Labute approximate surface area is 66.3 Å². The van der Waals surface area contributed by atoms with Crippen molar-refractivity contribution in [3.8, 4) is 0 Å². The largest absolute Gasteiger partial charge is 0.506 e. The van der Waals surface area contributed by atoms with Gasteiger partial charge in [-0.05, 0) is 6.07 Å². The van der Waals surface area contributed by atoms with Crippen molar-refractivity contribution < 1.29 is 8.60 Å². The molecule has 1 nitrogen and oxygen atoms in total. The Hall–Kier alpha value is -0.540. The van der Waals surface area contributed by atoms with E-state index < -0.39 is 5.82 Å². The Morgan fingerprint density at radius 1 is 1.50 bits per heavy atom. The van der Waals surface area contributed by atoms with Gasteiger partial charge in [-0.3, -0.25) is 0 Å². The van der Waals surface area contributed by atoms with E-state index in [4.69, 9.17) is 11.6 Å². The normalized spacial score (nSPS) is 9.40. The minimum Gasteiger partial charge on any atom is -0.205 e. The van der Waals surface area contributed by atoms with Gasteiger partial charge in [0, 0.05) is 10.3 Å². The first kappa shape index (κ1) is 7.57. The molecule has 0 atom stereocenters. The first-order chi connectivity index (χ1) is 4.75. The Bertz CT molecular complexity index is 264. The van der Waals surface area contributed by atoms with E-state index in [1.807, 2.05) is 0 Å². The van der Waals surface area contributed by atoms with E-state index in [2.05, 4.69) is 0 Å². The Morgan fingerprint density at radius 3 is 2.70 bits per heavy atom. The summed E-state index contributed by atoms with van der Waals surface area (Å²) in [7, 11) is 0. The van der Waals surface area contributed by atoms with E-state index in [1.165, 1.54) is 18.2 Å². The average molecular weight is 178 g/mol. The maximum Gasteiger partial charge on any atom is 0.506 e. The third kappa shape index (κ3) is 1.30. The van der Waals surface area contributed by atoms with Gasteiger partial charge in [-0.2, -0.15) is 0 Å². The smallest absolute Gasteiger partial charge is 0.205 e. The molecule has 1 aromatic carbocycles. The minimum atomic E-state index is -0.553. The zero-order valence-electron chi connectivity index (χ0n) is 4.80. The fourth-order valence-electron chi connectivity index (χ4n) is 0.548. The van der Waals surface area contributed by atoms with Crippen molar-refractivity contribution in [2.75, 3.05) is 0 Å². The van der Waals surface area contributed by atoms with Crippen LogP contribution in [0.5, 0.6) is 0 Å². The van der Waals surface area contributed by atoms with Gasteiger partial charge in [-0.25, -0.2) is 4.39 Å². The first-order valence-electron chi connectivity index (χ1n) is 2.49. The van der Waals surface area contributed by atoms with Crippen LogP contribution in [0.2, 0.25) is 5.02 Å². The third-order valence-corrected chi connectivity index (χ3v) is 2.02. The SMILES string of the molecule is O=[S+]c1cccc(F)c1Cl. The molecule has 0 bridgehead atoms. The molecule has 0 saturated heterocycles. The number of rotatable bonds is 1. The van der Waals surface area contributed by atoms with Crippen LogP contribution in [0.25, 0.3) is 0 Å². The van der Waals surface area contributed by atoms with Gasteiger partial charge in [0.1, 0.15) is 10.8 Å². The zero-order chi connectivity index (χ0) is 7.56. The molecule has 10 heavy (non-hydrogen) atoms. The lowest BCUT2D eigenvalue weighted by Gasteiger charge is -1.86. The monoisotopic (exact) mass is 177 g/mol. The molecule has 0 aliphatic rings. The molecule has 0 aromatic heterocycles. The van der Waals surface area contributed by atoms with Gasteiger partial charge in [-0.15, -0.1) is 0 Å². The summed E-state index contributed by atoms with van der Waals surface area (Å²) in [5, 5.41) is -0.0949. The van der Waals surface area contributed by atoms with Gasteiger partial charge in [0.2, 0.25) is 0 Å². The average Bonchev–Trinajstić information content (AvgIpc) is 1.95. The third-order valence-electron chi connectivity index (χ3n) is 1.01. The summed E-state index contributed by atoms with van der Waals surface area (Å²) in [5.41, 5.74) is 0. The topological polar surface area (TPSA) is 17.1 Å². The van der Waals surface area contributed by atoms with Gasteiger partial charge in [0.05, 0.1) is 0 Å². The van der Waals surface area contributed by atoms with Crippen molar-refractivity contribution in [2.24, 2.45) is 0 Å². The highest BCUT2D eigenvalue weighted by atomic mass is 35.5. The maximum absolute atomic E-state index is 12.5. The van der Waals surface area contributed by atoms with E-state index in [-0.39, 0.29) is 21.6 Å². The number of hydrogen-bond acceptors (Lipinski definition) is 1. The summed E-state index contributed by atoms with van der Waals surface area (Å²) in [6.45, 7) is 0. The molecule has 0 radical (unpaired) electrons. The minimum absolute atomic E-state index is 0.0949. The van der Waals surface area contributed by atoms with Crippen molar-refractivity contribution in [3.05, 3.63) is 29.0 Å². The van der Waals surface area contributed by atoms with E-state index in [9.17, 15) is 8.60 Å². The maximum atomic E-state index is 12.5. The molecular weight excluding hydrogens is 175 g/mol. The first-order valence-corrected chi connectivity index (χ1v) is 3.61. The summed E-state index contributed by atoms with van der Waals surface area (Å²) in [5.74, 6) is -0.553. The molecule has 0 amide bonds. The van der Waals surface area contributed by atoms with Crippen molar-refractivity contribution in [3.63, 3.8) is 0 Å². The Morgan fingerprint density at radius 2 is 2.20 bits per heavy atom. The van der Waals surface area contributed by atoms with Gasteiger partial charge >= 0.3 is 16.6 Å². The van der Waals surface area contributed by atoms with Gasteiger partial charge in [-0.1, -0.05) is 17.7 Å². The highest BCUT2D eigenvalue weighted by molar-refractivity contribution is 7.65. The summed E-state index contributed by atoms with van der Waals surface area (Å²) in [6.07, 6.45) is 0. The Balaban J connectivity index is 3.27. The molecule has 1 aromatic rings. The van der Waals surface area contributed by atoms with Crippen LogP contribution in [-0.4, -0.2) is 0 Å². The van der Waals surface area contributed by atoms with Crippen molar-refractivity contribution in [1.29, 1.82) is 0 Å². The van der Waals surface area contributed by atoms with E-state index in [0.717, 1.165) is 0 Å². The second kappa shape index (κ2) is 3.03. The van der Waals surface area contributed by atoms with Crippen LogP contribution in [0.3, 0.4) is 0 Å². The summed E-state index contributed by atoms with van der Waals surface area (Å²) >= 11 is 5.59. The molecule has 52 valence electrons. The molecule has 0 fully saturated rings. The van der Waals surface area contributed by atoms with Crippen LogP contribution in [-0.2, 0) is 15.9 Å². The van der Waals surface area contributed by atoms with Crippen LogP contribution in [0, 0.1) is 5.82 Å². The molecule has 0 heterocycles. The number of halogens is 2. The second-order valence-corrected chi connectivity index (χ2v) is 2.62. The molecule has 0 aliphatic carbocycles. The molecule has 0 N–H and O–H groups in total. The van der Waals surface area contributed by atoms with E-state index in [1.54, 1.807) is 0 Å². The quantitative estimate of drug-likeness (QED) is 0.602. The van der Waals surface area contributed by atoms with Gasteiger partial charge in [0.25, 0.3) is 0 Å². The van der Waals surface area contributed by atoms with E-state index >= 15 is 0 Å². The van der Waals surface area contributed by atoms with Crippen molar-refractivity contribution >= 4 is 23.3 Å². The lowest BCUT2D eigenvalue weighted by molar-refractivity contribution is 0.601. The number of hydrogen-bond donors (Lipinski definition) is 0. The summed E-state index contributed by atoms with van der Waals surface area (Å²) in [6, 6.07) is 4.13. The summed E-state index contributed by atoms with van der Waals surface area (Å²) < 4.78 is 22.7. The predicted molar refractivity (Wildman–Crippen MR) is 37.7 cm³/mol. The van der Waals surface area contributed by atoms with Crippen molar-refractivity contribution in [2.45, 2.75) is 4.90 Å². The Kier molecular flexibility index (Phi) is 2.29. The fourth-order valence-corrected chi connectivity index (χ4v) is 1.07. The molecule has 1 rings (SSSR count). The molecule has 0 saturated carbocycles. The van der Waals surface area contributed by atoms with Crippen LogP contribution >= 0.6 is 11.6 Å². The lowest BCUT2D eigenvalue weighted by Crippen LogP contribution is -1.80. The van der Waals surface area contributed by atoms with Crippen LogP contribution < -0.4 is 0 Å². The predicted octanol–water partition coefficient (Wildman–Crippen LogP) is 2.27. The fraction of sp³-hybridized carbons (Fsp3) is 0. The van der Waals surface area contributed by atoms with Gasteiger partial charge in [0.15, 0.2) is 0 Å². The molecule has 0 aliphatic heterocycles. The standard InChI is InChI=1S/C6H3ClFOS/c7-6-4(8)2-1-3-5(6)10-9/h1-3H/q+1. The molecular formula is C6H3ClFOS+. The lowest BCUT2D eigenvalue weighted by atomic mass is 10.3. The zero-order valence-corrected chi connectivity index (χ0v) is 6.38. The van der Waals surface area contributed by atoms with Crippen LogP contribution in [0.4, 0.5) is 4.39 Å². The van der Waals surface area contributed by atoms with Crippen LogP contribution in [0.15, 0.2) is 23.1 Å². The highest BCUT2D eigenvalue weighted by Crippen LogP contribution is 2.19. The summed E-state index contributed by atoms with van der Waals surface area (Å²) in [4.78, 5) is 0.224. The molecule has 0 unspecified atom stereocenters. The number of benzene rings is 1. The van der Waals surface area contributed by atoms with Crippen LogP contribution in [0.1, 0.15) is 0 Å². The van der Waals surface area contributed by atoms with Crippen molar-refractivity contribution in [1.82, 2.24) is 0 Å². The van der Waals surface area contributed by atoms with Gasteiger partial charge < -0.3 is 0 Å². The van der Waals surface area contributed by atoms with E-state index in [0.29, 0.717) is 0 Å². The molecule has 4 heteroatoms.